The number of ether oxygens (including phenoxy) is 1. The van der Waals surface area contributed by atoms with Gasteiger partial charge in [0, 0.05) is 48.9 Å². The fourth-order valence-electron chi connectivity index (χ4n) is 6.54. The van der Waals surface area contributed by atoms with E-state index in [2.05, 4.69) is 65.0 Å². The molecule has 6 N–H and O–H groups in total. The van der Waals surface area contributed by atoms with Crippen LogP contribution in [0.4, 0.5) is 58.4 Å². The Morgan fingerprint density at radius 3 is 1.41 bits per heavy atom. The molecule has 0 amide bonds. The van der Waals surface area contributed by atoms with Gasteiger partial charge in [-0.1, -0.05) is 74.5 Å². The molecule has 0 spiro atoms. The van der Waals surface area contributed by atoms with Crippen LogP contribution in [0.3, 0.4) is 0 Å². The molecular formula is C42H46N12O7S2. The SMILES string of the molecule is CCCN(CCC)c1nc(Nc2ccccc2)nc(Nc2ccc(C=Cc3ccc(Nc4nc(Nc5ccccc5)nc(N5CCOCC5)n4)cc3S(=O)(=O)O)c(S(=O)(=O)O)c2)n1. The molecule has 0 unspecified atom stereocenters. The van der Waals surface area contributed by atoms with Gasteiger partial charge in [-0.3, -0.25) is 9.11 Å². The van der Waals surface area contributed by atoms with E-state index >= 15 is 0 Å². The minimum atomic E-state index is -4.83. The van der Waals surface area contributed by atoms with Crippen LogP contribution in [0.15, 0.2) is 107 Å². The Hall–Kier alpha value is -6.78. The van der Waals surface area contributed by atoms with Crippen molar-refractivity contribution in [1.82, 2.24) is 29.9 Å². The van der Waals surface area contributed by atoms with E-state index in [4.69, 9.17) is 4.74 Å². The van der Waals surface area contributed by atoms with Crippen LogP contribution in [-0.2, 0) is 25.0 Å². The highest BCUT2D eigenvalue weighted by molar-refractivity contribution is 7.86. The summed E-state index contributed by atoms with van der Waals surface area (Å²) in [4.78, 5) is 30.4. The maximum absolute atomic E-state index is 12.8. The van der Waals surface area contributed by atoms with Crippen LogP contribution in [0, 0.1) is 0 Å². The van der Waals surface area contributed by atoms with Crippen LogP contribution < -0.4 is 31.1 Å². The molecule has 4 aromatic carbocycles. The second-order valence-corrected chi connectivity index (χ2v) is 17.0. The molecule has 19 nitrogen and oxygen atoms in total. The van der Waals surface area contributed by atoms with E-state index in [0.717, 1.165) is 24.2 Å². The number of hydrogen-bond donors (Lipinski definition) is 6. The molecule has 6 aromatic rings. The van der Waals surface area contributed by atoms with Gasteiger partial charge in [0.25, 0.3) is 20.2 Å². The number of nitrogens with zero attached hydrogens (tertiary/aromatic N) is 8. The first-order valence-electron chi connectivity index (χ1n) is 20.0. The standard InChI is InChI=1S/C42H46N12O7S2/c1-3-21-53(22-4-2)41-49-37(43-31-11-7-5-8-12-31)47-39(51-41)45-33-19-17-29(35(27-33)62(55,56)57)15-16-30-18-20-34(28-36(30)63(58,59)60)46-40-48-38(44-32-13-9-6-10-14-32)50-42(52-40)54-23-25-61-26-24-54/h5-20,27-28H,3-4,21-26H2,1-2H3,(H,55,56,57)(H,58,59,60)(H2,43,45,47,49,51)(H2,44,46,48,50,52). The molecule has 0 aliphatic carbocycles. The number of hydrogen-bond acceptors (Lipinski definition) is 17. The van der Waals surface area contributed by atoms with Crippen molar-refractivity contribution in [2.75, 3.05) is 70.5 Å². The summed E-state index contributed by atoms with van der Waals surface area (Å²) in [6.07, 6.45) is 4.31. The van der Waals surface area contributed by atoms with Gasteiger partial charge in [-0.2, -0.15) is 46.7 Å². The Labute approximate surface area is 365 Å². The summed E-state index contributed by atoms with van der Waals surface area (Å²) in [7, 11) is -9.66. The smallest absolute Gasteiger partial charge is 0.295 e. The summed E-state index contributed by atoms with van der Waals surface area (Å²) in [6, 6.07) is 27.0. The third-order valence-electron chi connectivity index (χ3n) is 9.41. The van der Waals surface area contributed by atoms with Crippen molar-refractivity contribution in [1.29, 1.82) is 0 Å². The lowest BCUT2D eigenvalue weighted by atomic mass is 10.1. The van der Waals surface area contributed by atoms with E-state index < -0.39 is 30.0 Å². The number of anilines is 10. The van der Waals surface area contributed by atoms with Gasteiger partial charge < -0.3 is 35.8 Å². The van der Waals surface area contributed by atoms with Gasteiger partial charge in [-0.15, -0.1) is 0 Å². The maximum Gasteiger partial charge on any atom is 0.295 e. The number of nitrogens with one attached hydrogen (secondary N) is 4. The van der Waals surface area contributed by atoms with E-state index in [1.54, 1.807) is 12.1 Å². The summed E-state index contributed by atoms with van der Waals surface area (Å²) in [5.74, 6) is 1.48. The molecule has 3 heterocycles. The van der Waals surface area contributed by atoms with Gasteiger partial charge in [0.2, 0.25) is 35.7 Å². The second kappa shape index (κ2) is 19.9. The minimum absolute atomic E-state index is 0.0162. The quantitative estimate of drug-likeness (QED) is 0.0370. The van der Waals surface area contributed by atoms with Crippen LogP contribution >= 0.6 is 0 Å². The zero-order valence-corrected chi connectivity index (χ0v) is 36.0. The molecule has 0 radical (unpaired) electrons. The molecule has 2 aromatic heterocycles. The first kappa shape index (κ1) is 44.3. The van der Waals surface area contributed by atoms with Crippen LogP contribution in [0.25, 0.3) is 12.2 Å². The van der Waals surface area contributed by atoms with Crippen molar-refractivity contribution in [3.05, 3.63) is 108 Å². The third kappa shape index (κ3) is 12.0. The largest absolute Gasteiger partial charge is 0.378 e. The lowest BCUT2D eigenvalue weighted by Crippen LogP contribution is -2.37. The zero-order chi connectivity index (χ0) is 44.4. The Morgan fingerprint density at radius 2 is 1.00 bits per heavy atom. The Kier molecular flexibility index (Phi) is 14.0. The molecule has 1 saturated heterocycles. The highest BCUT2D eigenvalue weighted by Crippen LogP contribution is 2.29. The lowest BCUT2D eigenvalue weighted by molar-refractivity contribution is 0.122. The molecule has 0 bridgehead atoms. The van der Waals surface area contributed by atoms with Gasteiger partial charge >= 0.3 is 0 Å². The molecule has 328 valence electrons. The predicted octanol–water partition coefficient (Wildman–Crippen LogP) is 7.16. The van der Waals surface area contributed by atoms with Crippen molar-refractivity contribution < 1.29 is 30.7 Å². The summed E-state index contributed by atoms with van der Waals surface area (Å²) in [5, 5.41) is 12.4. The molecule has 0 atom stereocenters. The Bertz CT molecular complexity index is 2770. The molecule has 0 saturated carbocycles. The number of rotatable bonds is 18. The molecule has 1 aliphatic rings. The van der Waals surface area contributed by atoms with Gasteiger partial charge in [-0.25, -0.2) is 0 Å². The summed E-state index contributed by atoms with van der Waals surface area (Å²) in [5.41, 5.74) is 1.96. The average Bonchev–Trinajstić information content (AvgIpc) is 3.26. The molecule has 21 heteroatoms. The predicted molar refractivity (Wildman–Crippen MR) is 243 cm³/mol. The lowest BCUT2D eigenvalue weighted by Gasteiger charge is -2.27. The van der Waals surface area contributed by atoms with E-state index in [0.29, 0.717) is 51.3 Å². The first-order valence-corrected chi connectivity index (χ1v) is 22.9. The van der Waals surface area contributed by atoms with E-state index in [9.17, 15) is 25.9 Å². The second-order valence-electron chi connectivity index (χ2n) is 14.2. The maximum atomic E-state index is 12.8. The van der Waals surface area contributed by atoms with Crippen molar-refractivity contribution in [2.24, 2.45) is 0 Å². The molecule has 7 rings (SSSR count). The minimum Gasteiger partial charge on any atom is -0.378 e. The normalized spacial score (nSPS) is 13.2. The summed E-state index contributed by atoms with van der Waals surface area (Å²) < 4.78 is 77.2. The van der Waals surface area contributed by atoms with E-state index in [1.165, 1.54) is 36.4 Å². The number of para-hydroxylation sites is 2. The number of benzene rings is 4. The van der Waals surface area contributed by atoms with Crippen molar-refractivity contribution in [3.63, 3.8) is 0 Å². The number of morpholine rings is 1. The fraction of sp³-hybridized carbons (Fsp3) is 0.238. The number of aromatic nitrogens is 6. The molecule has 1 fully saturated rings. The summed E-state index contributed by atoms with van der Waals surface area (Å²) >= 11 is 0. The van der Waals surface area contributed by atoms with Crippen molar-refractivity contribution in [2.45, 2.75) is 36.5 Å². The van der Waals surface area contributed by atoms with Crippen molar-refractivity contribution >= 4 is 90.8 Å². The van der Waals surface area contributed by atoms with E-state index in [1.807, 2.05) is 70.5 Å². The van der Waals surface area contributed by atoms with Crippen molar-refractivity contribution in [3.8, 4) is 0 Å². The fourth-order valence-corrected chi connectivity index (χ4v) is 7.96. The van der Waals surface area contributed by atoms with Crippen LogP contribution in [0.1, 0.15) is 37.8 Å². The van der Waals surface area contributed by atoms with Gasteiger partial charge in [0.1, 0.15) is 9.79 Å². The van der Waals surface area contributed by atoms with Crippen LogP contribution in [-0.4, -0.2) is 95.2 Å². The van der Waals surface area contributed by atoms with Gasteiger partial charge in [-0.05, 0) is 72.5 Å². The van der Waals surface area contributed by atoms with Crippen LogP contribution in [0.5, 0.6) is 0 Å². The molecule has 1 aliphatic heterocycles. The Balaban J connectivity index is 1.17. The molecular weight excluding hydrogens is 849 g/mol. The van der Waals surface area contributed by atoms with E-state index in [-0.39, 0.29) is 46.3 Å². The van der Waals surface area contributed by atoms with Crippen LogP contribution in [0.2, 0.25) is 0 Å². The van der Waals surface area contributed by atoms with Gasteiger partial charge in [0.05, 0.1) is 13.2 Å². The highest BCUT2D eigenvalue weighted by Gasteiger charge is 2.21. The zero-order valence-electron chi connectivity index (χ0n) is 34.4. The topological polar surface area (TPSA) is 250 Å². The summed E-state index contributed by atoms with van der Waals surface area (Å²) in [6.45, 7) is 7.56. The monoisotopic (exact) mass is 894 g/mol. The average molecular weight is 895 g/mol. The van der Waals surface area contributed by atoms with Gasteiger partial charge in [0.15, 0.2) is 0 Å². The first-order chi connectivity index (χ1) is 30.3. The highest BCUT2D eigenvalue weighted by atomic mass is 32.2. The molecule has 63 heavy (non-hydrogen) atoms. The third-order valence-corrected chi connectivity index (χ3v) is 11.2. The Morgan fingerprint density at radius 1 is 0.587 bits per heavy atom.